The Morgan fingerprint density at radius 1 is 0.621 bits per heavy atom. The molecule has 0 heterocycles. The Morgan fingerprint density at radius 2 is 1.14 bits per heavy atom. The predicted octanol–water partition coefficient (Wildman–Crippen LogP) is 7.44. The Morgan fingerprint density at radius 3 is 1.72 bits per heavy atom. The van der Waals surface area contributed by atoms with Gasteiger partial charge in [-0.2, -0.15) is 0 Å². The second-order valence-electron chi connectivity index (χ2n) is 9.49. The van der Waals surface area contributed by atoms with Crippen LogP contribution in [0.1, 0.15) is 43.0 Å². The zero-order valence-electron chi connectivity index (χ0n) is 18.8. The highest BCUT2D eigenvalue weighted by Gasteiger charge is 2.22. The van der Waals surface area contributed by atoms with Crippen LogP contribution in [0.15, 0.2) is 54.6 Å². The lowest BCUT2D eigenvalue weighted by molar-refractivity contribution is 0.759. The Balaban J connectivity index is 2.09. The molecule has 4 aromatic carbocycles. The van der Waals surface area contributed by atoms with E-state index in [1.54, 1.807) is 0 Å². The number of benzene rings is 4. The minimum atomic E-state index is 0.158. The monoisotopic (exact) mass is 377 g/mol. The van der Waals surface area contributed by atoms with E-state index >= 15 is 0 Å². The van der Waals surface area contributed by atoms with E-state index in [1.165, 1.54) is 60.4 Å². The fourth-order valence-corrected chi connectivity index (χ4v) is 4.66. The third-order valence-corrected chi connectivity index (χ3v) is 6.30. The van der Waals surface area contributed by atoms with Crippen LogP contribution < -0.4 is 5.46 Å². The van der Waals surface area contributed by atoms with Crippen LogP contribution in [0.2, 0.25) is 5.31 Å². The summed E-state index contributed by atoms with van der Waals surface area (Å²) < 4.78 is 0. The highest BCUT2D eigenvalue weighted by molar-refractivity contribution is 6.57. The summed E-state index contributed by atoms with van der Waals surface area (Å²) in [6.07, 6.45) is 0. The van der Waals surface area contributed by atoms with Crippen LogP contribution in [0.3, 0.4) is 0 Å². The normalized spacial score (nSPS) is 12.0. The molecule has 1 heteroatoms. The van der Waals surface area contributed by atoms with Gasteiger partial charge in [-0.15, -0.1) is 0 Å². The zero-order chi connectivity index (χ0) is 20.9. The highest BCUT2D eigenvalue weighted by atomic mass is 14.2. The van der Waals surface area contributed by atoms with Gasteiger partial charge in [0.05, 0.1) is 0 Å². The van der Waals surface area contributed by atoms with Gasteiger partial charge >= 0.3 is 0 Å². The topological polar surface area (TPSA) is 0 Å². The summed E-state index contributed by atoms with van der Waals surface area (Å²) >= 11 is 0. The van der Waals surface area contributed by atoms with Gasteiger partial charge in [0.25, 0.3) is 0 Å². The van der Waals surface area contributed by atoms with Gasteiger partial charge in [-0.05, 0) is 77.6 Å². The van der Waals surface area contributed by atoms with E-state index in [4.69, 9.17) is 0 Å². The van der Waals surface area contributed by atoms with Crippen LogP contribution in [0, 0.1) is 27.7 Å². The lowest BCUT2D eigenvalue weighted by Crippen LogP contribution is -2.30. The summed E-state index contributed by atoms with van der Waals surface area (Å²) in [6, 6.07) is 20.0. The maximum atomic E-state index is 2.43. The second-order valence-corrected chi connectivity index (χ2v) is 9.49. The van der Waals surface area contributed by atoms with Crippen molar-refractivity contribution in [2.45, 2.75) is 53.8 Å². The molecule has 0 saturated heterocycles. The van der Waals surface area contributed by atoms with E-state index in [0.29, 0.717) is 0 Å². The zero-order valence-corrected chi connectivity index (χ0v) is 18.8. The summed E-state index contributed by atoms with van der Waals surface area (Å²) in [4.78, 5) is 0. The van der Waals surface area contributed by atoms with Crippen molar-refractivity contribution in [2.75, 3.05) is 0 Å². The molecule has 4 rings (SSSR count). The summed E-state index contributed by atoms with van der Waals surface area (Å²) in [5.74, 6) is 0. The van der Waals surface area contributed by atoms with Crippen molar-refractivity contribution in [1.82, 2.24) is 0 Å². The van der Waals surface area contributed by atoms with Crippen molar-refractivity contribution < 1.29 is 0 Å². The lowest BCUT2D eigenvalue weighted by Gasteiger charge is -2.26. The predicted molar refractivity (Wildman–Crippen MR) is 131 cm³/mol. The van der Waals surface area contributed by atoms with Gasteiger partial charge in [0.1, 0.15) is 0 Å². The van der Waals surface area contributed by atoms with Crippen LogP contribution in [-0.2, 0) is 0 Å². The summed E-state index contributed by atoms with van der Waals surface area (Å²) in [5, 5.41) is 5.46. The van der Waals surface area contributed by atoms with E-state index < -0.39 is 0 Å². The second kappa shape index (κ2) is 7.06. The lowest BCUT2D eigenvalue weighted by atomic mass is 9.49. The first-order valence-corrected chi connectivity index (χ1v) is 10.6. The van der Waals surface area contributed by atoms with Gasteiger partial charge in [-0.1, -0.05) is 91.2 Å². The van der Waals surface area contributed by atoms with Crippen molar-refractivity contribution in [2.24, 2.45) is 0 Å². The standard InChI is InChI=1S/C28H30B/c1-17-19(3)27(29-28(5,6)7)20(4)18(2)26(17)25-16-21-12-8-9-13-22(21)23-14-10-11-15-24(23)25/h8-16H,1-7H3. The van der Waals surface area contributed by atoms with Crippen molar-refractivity contribution in [3.05, 3.63) is 76.9 Å². The molecule has 0 aliphatic carbocycles. The van der Waals surface area contributed by atoms with Gasteiger partial charge < -0.3 is 0 Å². The van der Waals surface area contributed by atoms with E-state index in [9.17, 15) is 0 Å². The third-order valence-electron chi connectivity index (χ3n) is 6.30. The Labute approximate surface area is 176 Å². The molecule has 4 aromatic rings. The molecule has 0 saturated carbocycles. The Bertz CT molecular complexity index is 1210. The summed E-state index contributed by atoms with van der Waals surface area (Å²) in [5.41, 5.74) is 9.73. The van der Waals surface area contributed by atoms with Gasteiger partial charge in [-0.25, -0.2) is 0 Å². The summed E-state index contributed by atoms with van der Waals surface area (Å²) in [6.45, 7) is 16.0. The Hall–Kier alpha value is -2.54. The molecule has 0 bridgehead atoms. The first-order chi connectivity index (χ1) is 13.7. The van der Waals surface area contributed by atoms with Gasteiger partial charge in [-0.3, -0.25) is 0 Å². The molecule has 0 unspecified atom stereocenters. The van der Waals surface area contributed by atoms with Crippen molar-refractivity contribution in [3.8, 4) is 11.1 Å². The summed E-state index contributed by atoms with van der Waals surface area (Å²) in [7, 11) is 2.43. The number of fused-ring (bicyclic) bond motifs is 3. The van der Waals surface area contributed by atoms with E-state index in [0.717, 1.165) is 0 Å². The fourth-order valence-electron chi connectivity index (χ4n) is 4.66. The molecule has 0 spiro atoms. The molecule has 145 valence electrons. The highest BCUT2D eigenvalue weighted by Crippen LogP contribution is 2.39. The molecule has 0 aromatic heterocycles. The molecule has 0 aliphatic heterocycles. The molecule has 0 fully saturated rings. The van der Waals surface area contributed by atoms with Crippen LogP contribution in [0.5, 0.6) is 0 Å². The van der Waals surface area contributed by atoms with E-state index in [2.05, 4.69) is 110 Å². The molecule has 0 atom stereocenters. The van der Waals surface area contributed by atoms with Crippen LogP contribution >= 0.6 is 0 Å². The molecule has 1 radical (unpaired) electrons. The van der Waals surface area contributed by atoms with E-state index in [1.807, 2.05) is 0 Å². The van der Waals surface area contributed by atoms with Crippen LogP contribution in [-0.4, -0.2) is 7.28 Å². The van der Waals surface area contributed by atoms with Crippen molar-refractivity contribution >= 4 is 34.3 Å². The van der Waals surface area contributed by atoms with Gasteiger partial charge in [0.15, 0.2) is 7.28 Å². The number of hydrogen-bond acceptors (Lipinski definition) is 0. The smallest absolute Gasteiger partial charge is 0.0809 e. The average molecular weight is 377 g/mol. The van der Waals surface area contributed by atoms with Crippen LogP contribution in [0.4, 0.5) is 0 Å². The fraction of sp³-hybridized carbons (Fsp3) is 0.286. The first-order valence-electron chi connectivity index (χ1n) is 10.6. The first kappa shape index (κ1) is 19.8. The Kier molecular flexibility index (Phi) is 4.81. The van der Waals surface area contributed by atoms with Crippen molar-refractivity contribution in [3.63, 3.8) is 0 Å². The molecular formula is C28H30B. The minimum Gasteiger partial charge on any atom is -0.0809 e. The molecule has 29 heavy (non-hydrogen) atoms. The number of hydrogen-bond donors (Lipinski definition) is 0. The largest absolute Gasteiger partial charge is 0.158 e. The quantitative estimate of drug-likeness (QED) is 0.251. The third kappa shape index (κ3) is 3.37. The molecular weight excluding hydrogens is 347 g/mol. The van der Waals surface area contributed by atoms with Crippen molar-refractivity contribution in [1.29, 1.82) is 0 Å². The molecule has 0 N–H and O–H groups in total. The van der Waals surface area contributed by atoms with Crippen LogP contribution in [0.25, 0.3) is 32.7 Å². The maximum Gasteiger partial charge on any atom is 0.158 e. The average Bonchev–Trinajstić information content (AvgIpc) is 2.69. The molecule has 0 nitrogen and oxygen atoms in total. The number of rotatable bonds is 2. The molecule has 0 aliphatic rings. The minimum absolute atomic E-state index is 0.158. The SMILES string of the molecule is Cc1c(C)c(-c2cc3ccccc3c3ccccc23)c(C)c(C)c1[B]C(C)(C)C. The van der Waals surface area contributed by atoms with Gasteiger partial charge in [0, 0.05) is 0 Å². The maximum absolute atomic E-state index is 2.43. The van der Waals surface area contributed by atoms with E-state index in [-0.39, 0.29) is 5.31 Å². The van der Waals surface area contributed by atoms with Gasteiger partial charge in [0.2, 0.25) is 0 Å². The molecule has 0 amide bonds.